The Kier molecular flexibility index (Phi) is 6.94. The predicted octanol–water partition coefficient (Wildman–Crippen LogP) is 4.22. The lowest BCUT2D eigenvalue weighted by atomic mass is 9.74. The monoisotopic (exact) mass is 465 g/mol. The van der Waals surface area contributed by atoms with E-state index in [1.54, 1.807) is 0 Å². The third-order valence-electron chi connectivity index (χ3n) is 7.56. The normalized spacial score (nSPS) is 22.3. The van der Waals surface area contributed by atoms with E-state index in [2.05, 4.69) is 35.2 Å². The Labute approximate surface area is 207 Å². The lowest BCUT2D eigenvalue weighted by molar-refractivity contribution is -0.135. The Balaban J connectivity index is 1.34. The number of nitriles is 1. The molecule has 2 fully saturated rings. The molecule has 0 radical (unpaired) electrons. The number of fused-ring (bicyclic) bond motifs is 1. The first-order chi connectivity index (χ1) is 17.2. The lowest BCUT2D eigenvalue weighted by Gasteiger charge is -2.57. The molecule has 1 N–H and O–H groups in total. The zero-order chi connectivity index (χ0) is 24.2. The van der Waals surface area contributed by atoms with E-state index in [-0.39, 0.29) is 30.5 Å². The van der Waals surface area contributed by atoms with Gasteiger partial charge in [-0.2, -0.15) is 5.26 Å². The van der Waals surface area contributed by atoms with Crippen molar-refractivity contribution >= 4 is 5.91 Å². The highest BCUT2D eigenvalue weighted by Gasteiger charge is 2.49. The van der Waals surface area contributed by atoms with E-state index in [1.807, 2.05) is 59.5 Å². The van der Waals surface area contributed by atoms with Gasteiger partial charge in [-0.05, 0) is 53.8 Å². The summed E-state index contributed by atoms with van der Waals surface area (Å²) in [7, 11) is 0. The summed E-state index contributed by atoms with van der Waals surface area (Å²) in [5, 5.41) is 19.3. The van der Waals surface area contributed by atoms with E-state index in [0.29, 0.717) is 18.5 Å². The van der Waals surface area contributed by atoms with Crippen molar-refractivity contribution < 1.29 is 9.90 Å². The third kappa shape index (κ3) is 4.86. The molecule has 2 saturated heterocycles. The van der Waals surface area contributed by atoms with Crippen LogP contribution in [0.1, 0.15) is 35.4 Å². The smallest absolute Gasteiger partial charge is 0.227 e. The summed E-state index contributed by atoms with van der Waals surface area (Å²) in [6.07, 6.45) is 2.46. The molecule has 5 rings (SSSR count). The van der Waals surface area contributed by atoms with Crippen LogP contribution in [0.25, 0.3) is 11.1 Å². The van der Waals surface area contributed by atoms with Gasteiger partial charge in [0.25, 0.3) is 0 Å². The molecule has 1 amide bonds. The molecule has 5 nitrogen and oxygen atoms in total. The highest BCUT2D eigenvalue weighted by molar-refractivity contribution is 5.79. The fourth-order valence-corrected chi connectivity index (χ4v) is 5.68. The molecule has 2 aliphatic heterocycles. The van der Waals surface area contributed by atoms with Gasteiger partial charge >= 0.3 is 0 Å². The minimum Gasteiger partial charge on any atom is -0.395 e. The average molecular weight is 466 g/mol. The van der Waals surface area contributed by atoms with Gasteiger partial charge in [-0.3, -0.25) is 9.69 Å². The molecule has 35 heavy (non-hydrogen) atoms. The van der Waals surface area contributed by atoms with Crippen molar-refractivity contribution in [3.8, 4) is 17.2 Å². The molecule has 2 heterocycles. The summed E-state index contributed by atoms with van der Waals surface area (Å²) in [5.74, 6) is 0.376. The van der Waals surface area contributed by atoms with Crippen LogP contribution in [0, 0.1) is 11.3 Å². The molecule has 2 aliphatic rings. The maximum absolute atomic E-state index is 13.2. The van der Waals surface area contributed by atoms with Crippen LogP contribution in [0.3, 0.4) is 0 Å². The van der Waals surface area contributed by atoms with Gasteiger partial charge in [-0.1, -0.05) is 66.7 Å². The Morgan fingerprint density at radius 1 is 0.914 bits per heavy atom. The largest absolute Gasteiger partial charge is 0.395 e. The molecule has 3 aromatic rings. The number of nitrogens with zero attached hydrogens (tertiary/aromatic N) is 3. The molecule has 0 bridgehead atoms. The number of aliphatic hydroxyl groups excluding tert-OH is 1. The first kappa shape index (κ1) is 23.3. The molecular weight excluding hydrogens is 434 g/mol. The maximum Gasteiger partial charge on any atom is 0.227 e. The number of carbonyl (C=O) groups excluding carboxylic acids is 1. The molecular formula is C30H31N3O2. The number of benzene rings is 3. The number of hydrogen-bond acceptors (Lipinski definition) is 4. The minimum absolute atomic E-state index is 0.0879. The zero-order valence-electron chi connectivity index (χ0n) is 19.9. The van der Waals surface area contributed by atoms with Gasteiger partial charge in [0.05, 0.1) is 24.7 Å². The second kappa shape index (κ2) is 10.4. The van der Waals surface area contributed by atoms with Gasteiger partial charge in [-0.15, -0.1) is 0 Å². The first-order valence-corrected chi connectivity index (χ1v) is 12.5. The summed E-state index contributed by atoms with van der Waals surface area (Å²) in [4.78, 5) is 17.6. The van der Waals surface area contributed by atoms with Gasteiger partial charge in [0.2, 0.25) is 5.91 Å². The van der Waals surface area contributed by atoms with Crippen molar-refractivity contribution in [2.45, 2.75) is 37.3 Å². The summed E-state index contributed by atoms with van der Waals surface area (Å²) in [5.41, 5.74) is 5.09. The molecule has 0 unspecified atom stereocenters. The molecule has 3 atom stereocenters. The molecule has 3 aromatic carbocycles. The SMILES string of the molecule is N#Cc1ccc(-c2ccc([C@H]3[C@@H](CO)N4CCCCN(C(=O)Cc5ccccc5)C[C@@H]34)cc2)cc1. The Bertz CT molecular complexity index is 1190. The summed E-state index contributed by atoms with van der Waals surface area (Å²) < 4.78 is 0. The molecule has 5 heteroatoms. The van der Waals surface area contributed by atoms with E-state index in [9.17, 15) is 9.90 Å². The van der Waals surface area contributed by atoms with Crippen LogP contribution in [0.15, 0.2) is 78.9 Å². The highest BCUT2D eigenvalue weighted by Crippen LogP contribution is 2.42. The number of amides is 1. The van der Waals surface area contributed by atoms with Crippen molar-refractivity contribution in [1.29, 1.82) is 5.26 Å². The molecule has 0 aromatic heterocycles. The van der Waals surface area contributed by atoms with Crippen molar-refractivity contribution in [3.63, 3.8) is 0 Å². The van der Waals surface area contributed by atoms with Crippen molar-refractivity contribution in [1.82, 2.24) is 9.80 Å². The summed E-state index contributed by atoms with van der Waals surface area (Å²) in [6, 6.07) is 28.6. The molecule has 178 valence electrons. The first-order valence-electron chi connectivity index (χ1n) is 12.5. The van der Waals surface area contributed by atoms with Gasteiger partial charge < -0.3 is 10.0 Å². The van der Waals surface area contributed by atoms with Crippen LogP contribution < -0.4 is 0 Å². The molecule has 0 saturated carbocycles. The van der Waals surface area contributed by atoms with E-state index in [1.165, 1.54) is 5.56 Å². The van der Waals surface area contributed by atoms with E-state index in [4.69, 9.17) is 5.26 Å². The average Bonchev–Trinajstić information content (AvgIpc) is 2.89. The van der Waals surface area contributed by atoms with Crippen molar-refractivity contribution in [2.24, 2.45) is 0 Å². The predicted molar refractivity (Wildman–Crippen MR) is 137 cm³/mol. The number of carbonyl (C=O) groups is 1. The maximum atomic E-state index is 13.2. The third-order valence-corrected chi connectivity index (χ3v) is 7.56. The number of aliphatic hydroxyl groups is 1. The number of hydrogen-bond donors (Lipinski definition) is 1. The van der Waals surface area contributed by atoms with Crippen LogP contribution in [0.5, 0.6) is 0 Å². The van der Waals surface area contributed by atoms with Gasteiger partial charge in [0, 0.05) is 31.1 Å². The fourth-order valence-electron chi connectivity index (χ4n) is 5.68. The summed E-state index contributed by atoms with van der Waals surface area (Å²) in [6.45, 7) is 2.58. The van der Waals surface area contributed by atoms with Crippen LogP contribution in [-0.4, -0.2) is 59.1 Å². The highest BCUT2D eigenvalue weighted by atomic mass is 16.3. The Hall–Kier alpha value is -3.46. The van der Waals surface area contributed by atoms with E-state index >= 15 is 0 Å². The summed E-state index contributed by atoms with van der Waals surface area (Å²) >= 11 is 0. The fraction of sp³-hybridized carbons (Fsp3) is 0.333. The van der Waals surface area contributed by atoms with Crippen LogP contribution in [0.4, 0.5) is 0 Å². The Morgan fingerprint density at radius 2 is 1.57 bits per heavy atom. The van der Waals surface area contributed by atoms with Gasteiger partial charge in [0.15, 0.2) is 0 Å². The molecule has 0 spiro atoms. The Morgan fingerprint density at radius 3 is 2.23 bits per heavy atom. The van der Waals surface area contributed by atoms with Crippen molar-refractivity contribution in [2.75, 3.05) is 26.2 Å². The van der Waals surface area contributed by atoms with Gasteiger partial charge in [0.1, 0.15) is 0 Å². The molecule has 0 aliphatic carbocycles. The van der Waals surface area contributed by atoms with Crippen LogP contribution in [-0.2, 0) is 11.2 Å². The van der Waals surface area contributed by atoms with E-state index < -0.39 is 0 Å². The lowest BCUT2D eigenvalue weighted by Crippen LogP contribution is -2.68. The second-order valence-electron chi connectivity index (χ2n) is 9.60. The van der Waals surface area contributed by atoms with Crippen molar-refractivity contribution in [3.05, 3.63) is 95.6 Å². The van der Waals surface area contributed by atoms with Crippen LogP contribution in [0.2, 0.25) is 0 Å². The number of rotatable bonds is 5. The topological polar surface area (TPSA) is 67.6 Å². The van der Waals surface area contributed by atoms with Crippen LogP contribution >= 0.6 is 0 Å². The van der Waals surface area contributed by atoms with Gasteiger partial charge in [-0.25, -0.2) is 0 Å². The standard InChI is InChI=1S/C30H31N3O2/c31-19-23-8-10-24(11-9-23)25-12-14-26(15-13-25)30-27-20-32(16-4-5-17-33(27)28(30)21-34)29(35)18-22-6-2-1-3-7-22/h1-3,6-15,27-28,30,34H,4-5,16-18,20-21H2/t27-,28+,30+/m0/s1. The van der Waals surface area contributed by atoms with E-state index in [0.717, 1.165) is 42.6 Å². The quantitative estimate of drug-likeness (QED) is 0.613. The minimum atomic E-state index is 0.0879. The zero-order valence-corrected chi connectivity index (χ0v) is 19.9. The second-order valence-corrected chi connectivity index (χ2v) is 9.60.